The van der Waals surface area contributed by atoms with Gasteiger partial charge in [-0.3, -0.25) is 4.79 Å². The van der Waals surface area contributed by atoms with E-state index in [2.05, 4.69) is 15.4 Å². The van der Waals surface area contributed by atoms with Crippen molar-refractivity contribution in [3.05, 3.63) is 63.7 Å². The number of aliphatic carboxylic acids is 1. The lowest BCUT2D eigenvalue weighted by atomic mass is 9.80. The lowest BCUT2D eigenvalue weighted by molar-refractivity contribution is -0.143. The Hall–Kier alpha value is -4.05. The number of carbonyl (C=O) groups is 1. The van der Waals surface area contributed by atoms with Crippen molar-refractivity contribution in [3.63, 3.8) is 0 Å². The van der Waals surface area contributed by atoms with Gasteiger partial charge < -0.3 is 14.9 Å². The lowest BCUT2D eigenvalue weighted by Gasteiger charge is -2.35. The van der Waals surface area contributed by atoms with Crippen LogP contribution in [0.2, 0.25) is 0 Å². The van der Waals surface area contributed by atoms with E-state index in [-0.39, 0.29) is 41.4 Å². The van der Waals surface area contributed by atoms with Crippen LogP contribution in [-0.2, 0) is 43.5 Å². The number of aryl methyl sites for hydroxylation is 2. The zero-order valence-electron chi connectivity index (χ0n) is 26.3. The van der Waals surface area contributed by atoms with Crippen LogP contribution in [0.4, 0.5) is 51.1 Å². The van der Waals surface area contributed by atoms with Crippen LogP contribution >= 0.6 is 0 Å². The molecule has 3 aromatic rings. The Kier molecular flexibility index (Phi) is 10.9. The van der Waals surface area contributed by atoms with Crippen molar-refractivity contribution < 1.29 is 49.4 Å². The smallest absolute Gasteiger partial charge is 0.416 e. The van der Waals surface area contributed by atoms with Crippen molar-refractivity contribution >= 4 is 17.6 Å². The number of anilines is 2. The molecule has 48 heavy (non-hydrogen) atoms. The molecule has 0 aliphatic heterocycles. The first-order valence-corrected chi connectivity index (χ1v) is 15.2. The van der Waals surface area contributed by atoms with E-state index in [4.69, 9.17) is 5.11 Å². The SMILES string of the molecule is CCN(C[C@H]1CC[C@H](CC(=O)O)CC1)c1cc(C)c(C(F)(F)F)cc1CN(Cc1cc(C(F)(F)F)cc(C(F)(F)F)c1)c1nnn(C)n1. The van der Waals surface area contributed by atoms with Crippen molar-refractivity contribution in [1.29, 1.82) is 0 Å². The molecule has 0 bridgehead atoms. The number of alkyl halides is 9. The highest BCUT2D eigenvalue weighted by molar-refractivity contribution is 5.67. The van der Waals surface area contributed by atoms with E-state index in [0.29, 0.717) is 43.8 Å². The summed E-state index contributed by atoms with van der Waals surface area (Å²) in [7, 11) is 1.38. The van der Waals surface area contributed by atoms with Crippen LogP contribution in [0.25, 0.3) is 0 Å². The van der Waals surface area contributed by atoms with Gasteiger partial charge >= 0.3 is 24.5 Å². The number of nitrogens with zero attached hydrogens (tertiary/aromatic N) is 6. The molecule has 1 aromatic heterocycles. The van der Waals surface area contributed by atoms with Crippen molar-refractivity contribution in [2.24, 2.45) is 18.9 Å². The third kappa shape index (κ3) is 9.30. The highest BCUT2D eigenvalue weighted by Crippen LogP contribution is 2.40. The lowest BCUT2D eigenvalue weighted by Crippen LogP contribution is -2.33. The number of aromatic nitrogens is 4. The quantitative estimate of drug-likeness (QED) is 0.204. The van der Waals surface area contributed by atoms with Crippen molar-refractivity contribution in [3.8, 4) is 0 Å². The number of hydrogen-bond donors (Lipinski definition) is 1. The van der Waals surface area contributed by atoms with Crippen molar-refractivity contribution in [1.82, 2.24) is 20.2 Å². The first kappa shape index (κ1) is 36.8. The van der Waals surface area contributed by atoms with Gasteiger partial charge in [-0.2, -0.15) is 44.3 Å². The van der Waals surface area contributed by atoms with E-state index in [1.807, 2.05) is 11.8 Å². The Labute approximate surface area is 270 Å². The van der Waals surface area contributed by atoms with Gasteiger partial charge in [0.2, 0.25) is 0 Å². The monoisotopic (exact) mass is 694 g/mol. The van der Waals surface area contributed by atoms with Crippen LogP contribution in [0.1, 0.15) is 72.4 Å². The number of rotatable bonds is 11. The number of benzene rings is 2. The minimum absolute atomic E-state index is 0.00361. The van der Waals surface area contributed by atoms with Gasteiger partial charge in [-0.1, -0.05) is 5.10 Å². The highest BCUT2D eigenvalue weighted by atomic mass is 19.4. The number of halogens is 9. The van der Waals surface area contributed by atoms with Gasteiger partial charge in [-0.25, -0.2) is 0 Å². The molecule has 0 saturated heterocycles. The summed E-state index contributed by atoms with van der Waals surface area (Å²) in [5.74, 6) is -0.933. The molecule has 1 aliphatic carbocycles. The van der Waals surface area contributed by atoms with Gasteiger partial charge in [0.25, 0.3) is 5.95 Å². The fourth-order valence-electron chi connectivity index (χ4n) is 6.17. The van der Waals surface area contributed by atoms with Crippen LogP contribution in [0.5, 0.6) is 0 Å². The second kappa shape index (κ2) is 14.2. The minimum atomic E-state index is -5.11. The van der Waals surface area contributed by atoms with Crippen LogP contribution < -0.4 is 9.80 Å². The van der Waals surface area contributed by atoms with E-state index in [9.17, 15) is 44.3 Å². The summed E-state index contributed by atoms with van der Waals surface area (Å²) in [6, 6.07) is 3.42. The molecule has 1 saturated carbocycles. The Bertz CT molecular complexity index is 1550. The molecule has 0 atom stereocenters. The Morgan fingerprint density at radius 1 is 0.854 bits per heavy atom. The summed E-state index contributed by atoms with van der Waals surface area (Å²) in [5.41, 5.74) is -4.00. The van der Waals surface area contributed by atoms with E-state index in [1.165, 1.54) is 24.9 Å². The summed E-state index contributed by atoms with van der Waals surface area (Å²) < 4.78 is 124. The third-order valence-electron chi connectivity index (χ3n) is 8.52. The van der Waals surface area contributed by atoms with E-state index in [0.717, 1.165) is 23.7 Å². The number of carboxylic acids is 1. The molecule has 8 nitrogen and oxygen atoms in total. The Morgan fingerprint density at radius 3 is 1.92 bits per heavy atom. The van der Waals surface area contributed by atoms with Crippen LogP contribution in [0.15, 0.2) is 30.3 Å². The normalized spacial score (nSPS) is 17.4. The van der Waals surface area contributed by atoms with Gasteiger partial charge in [0, 0.05) is 38.3 Å². The molecule has 0 amide bonds. The van der Waals surface area contributed by atoms with Gasteiger partial charge in [0.1, 0.15) is 0 Å². The molecule has 264 valence electrons. The zero-order chi connectivity index (χ0) is 35.6. The van der Waals surface area contributed by atoms with E-state index >= 15 is 0 Å². The average molecular weight is 695 g/mol. The van der Waals surface area contributed by atoms with Crippen LogP contribution in [0, 0.1) is 18.8 Å². The molecule has 4 rings (SSSR count). The molecule has 2 aromatic carbocycles. The van der Waals surface area contributed by atoms with Crippen molar-refractivity contribution in [2.75, 3.05) is 22.9 Å². The molecular formula is C31H35F9N6O2. The fourth-order valence-corrected chi connectivity index (χ4v) is 6.17. The summed E-state index contributed by atoms with van der Waals surface area (Å²) >= 11 is 0. The predicted octanol–water partition coefficient (Wildman–Crippen LogP) is 7.89. The van der Waals surface area contributed by atoms with Crippen LogP contribution in [-0.4, -0.2) is 44.4 Å². The molecule has 0 unspecified atom stereocenters. The number of tetrazole rings is 1. The standard InChI is InChI=1S/C31H35F9N6O2/c1-4-45(15-20-7-5-19(6-8-20)12-27(47)48)26-9-18(2)25(31(38,39)40)13-22(26)17-46(28-41-43-44(3)42-28)16-21-10-23(29(32,33)34)14-24(11-21)30(35,36)37/h9-11,13-14,19-20H,4-8,12,15-17H2,1-3H3,(H,47,48)/t19-,20-. The molecule has 1 heterocycles. The highest BCUT2D eigenvalue weighted by Gasteiger charge is 2.38. The van der Waals surface area contributed by atoms with E-state index < -0.39 is 59.8 Å². The van der Waals surface area contributed by atoms with Gasteiger partial charge in [0.05, 0.1) is 23.7 Å². The molecule has 17 heteroatoms. The van der Waals surface area contributed by atoms with Gasteiger partial charge in [-0.05, 0) is 104 Å². The topological polar surface area (TPSA) is 87.4 Å². The Morgan fingerprint density at radius 2 is 1.44 bits per heavy atom. The largest absolute Gasteiger partial charge is 0.481 e. The maximum atomic E-state index is 14.1. The molecule has 1 aliphatic rings. The molecule has 0 radical (unpaired) electrons. The first-order chi connectivity index (χ1) is 22.2. The zero-order valence-corrected chi connectivity index (χ0v) is 26.3. The van der Waals surface area contributed by atoms with Crippen molar-refractivity contribution in [2.45, 2.75) is 77.6 Å². The van der Waals surface area contributed by atoms with Crippen LogP contribution in [0.3, 0.4) is 0 Å². The molecule has 1 fully saturated rings. The summed E-state index contributed by atoms with van der Waals surface area (Å²) in [5, 5.41) is 20.8. The average Bonchev–Trinajstić information content (AvgIpc) is 3.41. The number of carboxylic acid groups (broad SMARTS) is 1. The second-order valence-corrected chi connectivity index (χ2v) is 12.2. The maximum Gasteiger partial charge on any atom is 0.416 e. The second-order valence-electron chi connectivity index (χ2n) is 12.2. The predicted molar refractivity (Wildman–Crippen MR) is 157 cm³/mol. The number of hydrogen-bond acceptors (Lipinski definition) is 6. The molecule has 1 N–H and O–H groups in total. The van der Waals surface area contributed by atoms with E-state index in [1.54, 1.807) is 0 Å². The fraction of sp³-hybridized carbons (Fsp3) is 0.548. The Balaban J connectivity index is 1.75. The maximum absolute atomic E-state index is 14.1. The third-order valence-corrected chi connectivity index (χ3v) is 8.52. The summed E-state index contributed by atoms with van der Waals surface area (Å²) in [4.78, 5) is 15.2. The van der Waals surface area contributed by atoms with Gasteiger partial charge in [-0.15, -0.1) is 5.10 Å². The minimum Gasteiger partial charge on any atom is -0.481 e. The summed E-state index contributed by atoms with van der Waals surface area (Å²) in [6.07, 6.45) is -12.1. The molecule has 0 spiro atoms. The summed E-state index contributed by atoms with van der Waals surface area (Å²) in [6.45, 7) is 2.91. The molecular weight excluding hydrogens is 659 g/mol. The first-order valence-electron chi connectivity index (χ1n) is 15.2. The van der Waals surface area contributed by atoms with Gasteiger partial charge in [0.15, 0.2) is 0 Å².